The van der Waals surface area contributed by atoms with Gasteiger partial charge in [-0.05, 0) is 0 Å². The van der Waals surface area contributed by atoms with E-state index in [4.69, 9.17) is 23.7 Å². The summed E-state index contributed by atoms with van der Waals surface area (Å²) < 4.78 is 456. The molecule has 0 aromatic rings. The average Bonchev–Trinajstić information content (AvgIpc) is 3.41. The summed E-state index contributed by atoms with van der Waals surface area (Å²) in [5, 5.41) is 0. The fourth-order valence-electron chi connectivity index (χ4n) is 6.28. The maximum atomic E-state index is 12.1. The summed E-state index contributed by atoms with van der Waals surface area (Å²) in [6, 6.07) is 0. The first kappa shape index (κ1) is 124. The first-order chi connectivity index (χ1) is 34.4. The number of rotatable bonds is 30. The zero-order valence-corrected chi connectivity index (χ0v) is 89.7. The molecule has 71 heteroatoms. The van der Waals surface area contributed by atoms with Crippen molar-refractivity contribution in [2.75, 3.05) is 26.4 Å². The Hall–Kier alpha value is 16.4. The molecule has 0 N–H and O–H groups in total. The smallest absolute Gasteiger partial charge is 0.726 e. The summed E-state index contributed by atoms with van der Waals surface area (Å²) in [5.74, 6) is -4.59. The maximum Gasteiger partial charge on any atom is 1.00 e. The van der Waals surface area contributed by atoms with Gasteiger partial charge in [-0.1, -0.05) is 0 Å². The molecule has 0 aromatic carbocycles. The quantitative estimate of drug-likeness (QED) is 0.0366. The van der Waals surface area contributed by atoms with Gasteiger partial charge in [0.15, 0.2) is 30.9 Å². The van der Waals surface area contributed by atoms with Crippen LogP contribution in [0, 0.1) is 0 Å². The molecule has 0 aromatic heterocycles. The minimum absolute atomic E-state index is 0. The molecule has 0 spiro atoms. The topological polar surface area (TPSA) is 777 Å². The van der Waals surface area contributed by atoms with Gasteiger partial charge < -0.3 is 73.8 Å². The SMILES string of the molecule is O=S(=O)([O-])OC[C@H]1O[C@H](OC[C@H]2O[C@H](O[C@]3(COS(=O)(=O)[O-])O[C@H](COS(=O)(=O)[O-])[C@@H](OS(=O)(=O)[O-])[C@@H]3OS(=O)(=O)[O-])[C@H](OS(=O)(=O)[O-])[C@@H](OS(=O)(=O)[O-])[C@@H]2OS(=O)(=O)[O-])[C@H](OS(=O)(=O)[O-])[C@@H](OS(=O)(=O)[O-])[C@H]1OS(=O)(=O)[O-].[K+].[K+].[K+].[K+].[K+].[K+].[K+].[K+].[K+].[K+].[K+]. The molecule has 3 aliphatic heterocycles. The fraction of sp³-hybridized carbons (Fsp3) is 1.00. The van der Waals surface area contributed by atoms with Crippen molar-refractivity contribution in [2.24, 2.45) is 0 Å². The van der Waals surface area contributed by atoms with Crippen molar-refractivity contribution in [3.8, 4) is 0 Å². The van der Waals surface area contributed by atoms with E-state index in [-0.39, 0.29) is 565 Å². The van der Waals surface area contributed by atoms with Gasteiger partial charge in [0.2, 0.25) is 120 Å². The zero-order valence-electron chi connectivity index (χ0n) is 46.3. The Morgan fingerprint density at radius 1 is 0.281 bits per heavy atom. The van der Waals surface area contributed by atoms with Gasteiger partial charge in [-0.2, -0.15) is 0 Å². The molecule has 14 atom stereocenters. The van der Waals surface area contributed by atoms with E-state index in [1.54, 1.807) is 0 Å². The van der Waals surface area contributed by atoms with E-state index in [2.05, 4.69) is 46.0 Å². The Kier molecular flexibility index (Phi) is 71.3. The van der Waals surface area contributed by atoms with Gasteiger partial charge in [0.25, 0.3) is 0 Å². The third-order valence-electron chi connectivity index (χ3n) is 8.35. The van der Waals surface area contributed by atoms with E-state index in [1.165, 1.54) is 0 Å². The summed E-state index contributed by atoms with van der Waals surface area (Å²) >= 11 is 0. The van der Waals surface area contributed by atoms with Crippen LogP contribution in [0.3, 0.4) is 0 Å². The monoisotopic (exact) mass is 1800 g/mol. The van der Waals surface area contributed by atoms with Crippen LogP contribution < -0.4 is 565 Å². The predicted octanol–water partition coefficient (Wildman–Crippen LogP) is -46.2. The van der Waals surface area contributed by atoms with E-state index < -0.39 is 226 Å². The molecular formula is C18H21K11O49S11. The van der Waals surface area contributed by atoms with Crippen LogP contribution in [0.5, 0.6) is 0 Å². The Bertz CT molecular complexity index is 3470. The van der Waals surface area contributed by atoms with Crippen LogP contribution in [0.15, 0.2) is 0 Å². The van der Waals surface area contributed by atoms with Crippen LogP contribution in [-0.4, -0.2) is 255 Å². The van der Waals surface area contributed by atoms with Crippen LogP contribution in [0.1, 0.15) is 0 Å². The molecule has 0 bridgehead atoms. The summed E-state index contributed by atoms with van der Waals surface area (Å²) in [4.78, 5) is 0. The molecule has 3 heterocycles. The van der Waals surface area contributed by atoms with Gasteiger partial charge >= 0.3 is 565 Å². The van der Waals surface area contributed by atoms with Gasteiger partial charge in [-0.3, -0.25) is 46.0 Å². The second kappa shape index (κ2) is 51.4. The van der Waals surface area contributed by atoms with Crippen molar-refractivity contribution in [3.63, 3.8) is 0 Å². The van der Waals surface area contributed by atoms with Gasteiger partial charge in [0.1, 0.15) is 55.4 Å². The molecule has 0 aliphatic carbocycles. The Morgan fingerprint density at radius 3 is 0.854 bits per heavy atom. The largest absolute Gasteiger partial charge is 1.00 e. The molecule has 3 saturated heterocycles. The van der Waals surface area contributed by atoms with Gasteiger partial charge in [-0.15, -0.1) is 0 Å². The Balaban J connectivity index is -0.000000831. The van der Waals surface area contributed by atoms with Gasteiger partial charge in [0, 0.05) is 0 Å². The fourth-order valence-corrected chi connectivity index (χ4v) is 11.1. The average molecular weight is 1800 g/mol. The Morgan fingerprint density at radius 2 is 0.539 bits per heavy atom. The third-order valence-corrected chi connectivity index (χ3v) is 13.3. The predicted molar refractivity (Wildman–Crippen MR) is 195 cm³/mol. The van der Waals surface area contributed by atoms with Crippen LogP contribution in [-0.2, 0) is 184 Å². The van der Waals surface area contributed by atoms with Crippen molar-refractivity contribution in [1.82, 2.24) is 0 Å². The molecule has 0 radical (unpaired) electrons. The molecule has 0 unspecified atom stereocenters. The van der Waals surface area contributed by atoms with Crippen LogP contribution in [0.25, 0.3) is 0 Å². The number of hydrogen-bond donors (Lipinski definition) is 0. The second-order valence-electron chi connectivity index (χ2n) is 13.8. The molecular weight excluding hydrogens is 1780 g/mol. The Labute approximate surface area is 974 Å². The van der Waals surface area contributed by atoms with E-state index in [9.17, 15) is 143 Å². The van der Waals surface area contributed by atoms with Crippen molar-refractivity contribution >= 4 is 114 Å². The minimum atomic E-state index is -6.88. The number of hydrogen-bond acceptors (Lipinski definition) is 49. The van der Waals surface area contributed by atoms with Crippen molar-refractivity contribution in [3.05, 3.63) is 0 Å². The minimum Gasteiger partial charge on any atom is -0.726 e. The van der Waals surface area contributed by atoms with E-state index in [0.717, 1.165) is 0 Å². The van der Waals surface area contributed by atoms with Gasteiger partial charge in [-0.25, -0.2) is 92.6 Å². The van der Waals surface area contributed by atoms with E-state index in [1.807, 2.05) is 0 Å². The third kappa shape index (κ3) is 52.5. The van der Waals surface area contributed by atoms with Crippen LogP contribution in [0.4, 0.5) is 0 Å². The van der Waals surface area contributed by atoms with Gasteiger partial charge in [0.05, 0.1) is 19.8 Å². The molecule has 3 aliphatic rings. The molecule has 3 fully saturated rings. The molecule has 89 heavy (non-hydrogen) atoms. The second-order valence-corrected chi connectivity index (χ2v) is 25.0. The number of ether oxygens (including phenoxy) is 5. The van der Waals surface area contributed by atoms with Crippen LogP contribution >= 0.6 is 0 Å². The molecule has 464 valence electrons. The molecule has 3 rings (SSSR count). The van der Waals surface area contributed by atoms with Crippen molar-refractivity contribution in [1.29, 1.82) is 0 Å². The first-order valence-corrected chi connectivity index (χ1v) is 32.3. The molecule has 0 amide bonds. The molecule has 0 saturated carbocycles. The summed E-state index contributed by atoms with van der Waals surface area (Å²) in [6.45, 7) is -9.62. The first-order valence-electron chi connectivity index (χ1n) is 17.6. The van der Waals surface area contributed by atoms with E-state index >= 15 is 0 Å². The molecule has 49 nitrogen and oxygen atoms in total. The van der Waals surface area contributed by atoms with Crippen molar-refractivity contribution < 1.29 is 778 Å². The summed E-state index contributed by atoms with van der Waals surface area (Å²) in [7, 11) is -72.6. The van der Waals surface area contributed by atoms with E-state index in [0.29, 0.717) is 0 Å². The summed E-state index contributed by atoms with van der Waals surface area (Å²) in [6.07, 6.45) is -47.4. The maximum absolute atomic E-state index is 12.1. The zero-order chi connectivity index (χ0) is 60.6. The summed E-state index contributed by atoms with van der Waals surface area (Å²) in [5.41, 5.74) is 0. The van der Waals surface area contributed by atoms with Crippen LogP contribution in [0.2, 0.25) is 0 Å². The standard InChI is InChI=1S/C18H32O49S11.11K/c19-68(20,21)53-2-6-9(61-72(31,32)33)11(63-74(37,38)39)13(65-76(43,44)45)16(56-6)52-1-5-8(60-71(28,29)30)12(64-75(40,41)42)14(66-77(46,47)48)17(57-5)59-18(4-55-70(25,26)27)15(67-78(49,50)51)10(62-73(34,35)36)7(58-18)3-54-69(22,23)24;;;;;;;;;;;/h5-17H,1-4H2,(H,19,20,21)(H,22,23,24)(H,25,26,27)(H,28,29,30)(H,31,32,33)(H,34,35,36)(H,37,38,39)(H,40,41,42)(H,43,44,45)(H,46,47,48)(H,49,50,51);;;;;;;;;;;/q;11*+1/p-11/t5-,6-,7-,8-,9+,10-,11+,12+,13-,14-,15+,16+,17-,18+;;;;;;;;;;;/m1.........../s1. The normalized spacial score (nSPS) is 27.8. The van der Waals surface area contributed by atoms with Crippen molar-refractivity contribution in [2.45, 2.75) is 85.5 Å².